The zero-order valence-corrected chi connectivity index (χ0v) is 12.0. The van der Waals surface area contributed by atoms with E-state index in [0.717, 1.165) is 43.1 Å². The van der Waals surface area contributed by atoms with Crippen LogP contribution in [0.5, 0.6) is 0 Å². The molecule has 0 amide bonds. The summed E-state index contributed by atoms with van der Waals surface area (Å²) in [5.41, 5.74) is 7.40. The van der Waals surface area contributed by atoms with Gasteiger partial charge in [0.1, 0.15) is 11.6 Å². The number of nitrogens with two attached hydrogens (primary N) is 1. The van der Waals surface area contributed by atoms with Crippen LogP contribution in [0.25, 0.3) is 0 Å². The number of anilines is 1. The van der Waals surface area contributed by atoms with Crippen molar-refractivity contribution in [3.63, 3.8) is 0 Å². The third-order valence-corrected chi connectivity index (χ3v) is 3.40. The van der Waals surface area contributed by atoms with Crippen LogP contribution in [0.1, 0.15) is 77.2 Å². The first-order valence-electron chi connectivity index (χ1n) is 6.92. The first kappa shape index (κ1) is 14.1. The molecule has 0 radical (unpaired) electrons. The van der Waals surface area contributed by atoms with Crippen LogP contribution in [0.2, 0.25) is 0 Å². The molecule has 1 heterocycles. The summed E-state index contributed by atoms with van der Waals surface area (Å²) in [5.74, 6) is 2.98. The molecule has 98 valence electrons. The lowest BCUT2D eigenvalue weighted by molar-refractivity contribution is 0.614. The van der Waals surface area contributed by atoms with Gasteiger partial charge in [-0.2, -0.15) is 0 Å². The average molecular weight is 237 g/mol. The highest BCUT2D eigenvalue weighted by molar-refractivity contribution is 5.41. The van der Waals surface area contributed by atoms with Crippen LogP contribution >= 0.6 is 0 Å². The van der Waals surface area contributed by atoms with Gasteiger partial charge in [-0.05, 0) is 19.3 Å². The van der Waals surface area contributed by atoms with Crippen LogP contribution in [0, 0.1) is 0 Å². The number of nitrogens with zero attached hydrogens (tertiary/aromatic N) is 2. The van der Waals surface area contributed by atoms with E-state index >= 15 is 0 Å². The summed E-state index contributed by atoms with van der Waals surface area (Å²) < 4.78 is 2.21. The topological polar surface area (TPSA) is 43.8 Å². The highest BCUT2D eigenvalue weighted by Crippen LogP contribution is 2.30. The normalized spacial score (nSPS) is 11.7. The van der Waals surface area contributed by atoms with Crippen molar-refractivity contribution >= 4 is 5.82 Å². The van der Waals surface area contributed by atoms with Gasteiger partial charge in [-0.25, -0.2) is 4.98 Å². The molecule has 3 heteroatoms. The van der Waals surface area contributed by atoms with E-state index in [1.807, 2.05) is 0 Å². The van der Waals surface area contributed by atoms with Gasteiger partial charge in [0.05, 0.1) is 5.69 Å². The zero-order chi connectivity index (χ0) is 13.0. The summed E-state index contributed by atoms with van der Waals surface area (Å²) in [6.07, 6.45) is 3.32. The Balaban J connectivity index is 3.20. The highest BCUT2D eigenvalue weighted by atomic mass is 15.1. The second kappa shape index (κ2) is 6.08. The molecule has 2 N–H and O–H groups in total. The minimum absolute atomic E-state index is 0.437. The minimum atomic E-state index is 0.437. The summed E-state index contributed by atoms with van der Waals surface area (Å²) in [7, 11) is 0. The lowest BCUT2D eigenvalue weighted by Crippen LogP contribution is -2.08. The molecule has 0 saturated heterocycles. The SMILES string of the molecule is CCCn1c(C(C)C)nc(C(CC)CC)c1N. The fourth-order valence-electron chi connectivity index (χ4n) is 2.38. The van der Waals surface area contributed by atoms with Crippen molar-refractivity contribution in [1.29, 1.82) is 0 Å². The van der Waals surface area contributed by atoms with Gasteiger partial charge in [-0.15, -0.1) is 0 Å². The third-order valence-electron chi connectivity index (χ3n) is 3.40. The summed E-state index contributed by atoms with van der Waals surface area (Å²) >= 11 is 0. The number of nitrogen functional groups attached to an aromatic ring is 1. The van der Waals surface area contributed by atoms with E-state index in [0.29, 0.717) is 11.8 Å². The fraction of sp³-hybridized carbons (Fsp3) is 0.786. The average Bonchev–Trinajstić information content (AvgIpc) is 2.61. The summed E-state index contributed by atoms with van der Waals surface area (Å²) in [4.78, 5) is 4.81. The Labute approximate surface area is 105 Å². The van der Waals surface area contributed by atoms with E-state index in [2.05, 4.69) is 39.2 Å². The van der Waals surface area contributed by atoms with Crippen molar-refractivity contribution in [2.24, 2.45) is 0 Å². The standard InChI is InChI=1S/C14H27N3/c1-6-9-17-13(15)12(11(7-2)8-3)16-14(17)10(4)5/h10-11H,6-9,15H2,1-5H3. The van der Waals surface area contributed by atoms with Crippen molar-refractivity contribution < 1.29 is 0 Å². The molecule has 0 aliphatic carbocycles. The number of hydrogen-bond acceptors (Lipinski definition) is 2. The Morgan fingerprint density at radius 3 is 2.18 bits per heavy atom. The monoisotopic (exact) mass is 237 g/mol. The van der Waals surface area contributed by atoms with Crippen LogP contribution in [0.4, 0.5) is 5.82 Å². The van der Waals surface area contributed by atoms with Gasteiger partial charge in [0, 0.05) is 18.4 Å². The molecular formula is C14H27N3. The van der Waals surface area contributed by atoms with E-state index in [4.69, 9.17) is 10.7 Å². The number of hydrogen-bond donors (Lipinski definition) is 1. The molecule has 0 saturated carbocycles. The maximum Gasteiger partial charge on any atom is 0.127 e. The highest BCUT2D eigenvalue weighted by Gasteiger charge is 2.21. The zero-order valence-electron chi connectivity index (χ0n) is 12.0. The van der Waals surface area contributed by atoms with Crippen LogP contribution in [0.3, 0.4) is 0 Å². The van der Waals surface area contributed by atoms with Gasteiger partial charge in [0.15, 0.2) is 0 Å². The second-order valence-electron chi connectivity index (χ2n) is 5.06. The molecule has 0 bridgehead atoms. The van der Waals surface area contributed by atoms with Gasteiger partial charge in [-0.1, -0.05) is 34.6 Å². The molecule has 0 aliphatic heterocycles. The smallest absolute Gasteiger partial charge is 0.127 e. The molecule has 1 aromatic heterocycles. The molecule has 0 fully saturated rings. The molecule has 3 nitrogen and oxygen atoms in total. The minimum Gasteiger partial charge on any atom is -0.384 e. The predicted octanol–water partition coefficient (Wildman–Crippen LogP) is 3.90. The van der Waals surface area contributed by atoms with Gasteiger partial charge >= 0.3 is 0 Å². The Morgan fingerprint density at radius 1 is 1.18 bits per heavy atom. The molecule has 1 aromatic rings. The van der Waals surface area contributed by atoms with Crippen molar-refractivity contribution in [2.75, 3.05) is 5.73 Å². The number of rotatable bonds is 6. The van der Waals surface area contributed by atoms with Crippen LogP contribution in [-0.2, 0) is 6.54 Å². The summed E-state index contributed by atoms with van der Waals surface area (Å²) in [5, 5.41) is 0. The molecule has 0 spiro atoms. The third kappa shape index (κ3) is 2.82. The Hall–Kier alpha value is -0.990. The first-order chi connectivity index (χ1) is 8.06. The van der Waals surface area contributed by atoms with E-state index in [9.17, 15) is 0 Å². The van der Waals surface area contributed by atoms with Crippen molar-refractivity contribution in [1.82, 2.24) is 9.55 Å². The summed E-state index contributed by atoms with van der Waals surface area (Å²) in [6, 6.07) is 0. The van der Waals surface area contributed by atoms with Gasteiger partial charge in [0.25, 0.3) is 0 Å². The van der Waals surface area contributed by atoms with E-state index < -0.39 is 0 Å². The molecule has 17 heavy (non-hydrogen) atoms. The Kier molecular flexibility index (Phi) is 5.03. The fourth-order valence-corrected chi connectivity index (χ4v) is 2.38. The molecule has 0 unspecified atom stereocenters. The first-order valence-corrected chi connectivity index (χ1v) is 6.92. The van der Waals surface area contributed by atoms with Crippen LogP contribution in [-0.4, -0.2) is 9.55 Å². The largest absolute Gasteiger partial charge is 0.384 e. The molecule has 1 rings (SSSR count). The van der Waals surface area contributed by atoms with Gasteiger partial charge in [0.2, 0.25) is 0 Å². The lowest BCUT2D eigenvalue weighted by atomic mass is 9.99. The molecule has 0 atom stereocenters. The molecule has 0 aliphatic rings. The van der Waals surface area contributed by atoms with Crippen molar-refractivity contribution in [3.8, 4) is 0 Å². The Bertz CT molecular complexity index is 349. The van der Waals surface area contributed by atoms with Gasteiger partial charge in [-0.3, -0.25) is 0 Å². The second-order valence-corrected chi connectivity index (χ2v) is 5.06. The summed E-state index contributed by atoms with van der Waals surface area (Å²) in [6.45, 7) is 11.9. The van der Waals surface area contributed by atoms with Crippen LogP contribution < -0.4 is 5.73 Å². The predicted molar refractivity (Wildman–Crippen MR) is 74.3 cm³/mol. The van der Waals surface area contributed by atoms with E-state index in [1.54, 1.807) is 0 Å². The van der Waals surface area contributed by atoms with Crippen molar-refractivity contribution in [3.05, 3.63) is 11.5 Å². The van der Waals surface area contributed by atoms with Crippen molar-refractivity contribution in [2.45, 2.75) is 72.3 Å². The Morgan fingerprint density at radius 2 is 1.76 bits per heavy atom. The van der Waals surface area contributed by atoms with Crippen LogP contribution in [0.15, 0.2) is 0 Å². The molecule has 0 aromatic carbocycles. The number of aromatic nitrogens is 2. The quantitative estimate of drug-likeness (QED) is 0.815. The molecular weight excluding hydrogens is 210 g/mol. The van der Waals surface area contributed by atoms with Gasteiger partial charge < -0.3 is 10.3 Å². The van der Waals surface area contributed by atoms with E-state index in [-0.39, 0.29) is 0 Å². The van der Waals surface area contributed by atoms with E-state index in [1.165, 1.54) is 0 Å². The maximum absolute atomic E-state index is 6.28. The maximum atomic E-state index is 6.28. The lowest BCUT2D eigenvalue weighted by Gasteiger charge is -2.12. The number of imidazole rings is 1.